The van der Waals surface area contributed by atoms with Crippen LogP contribution >= 0.6 is 0 Å². The molecule has 2 rings (SSSR count). The second-order valence-electron chi connectivity index (χ2n) is 3.54. The molecular weight excluding hydrogens is 188 g/mol. The minimum Gasteiger partial charge on any atom is -0.330 e. The molecule has 0 aliphatic carbocycles. The monoisotopic (exact) mass is 204 g/mol. The first kappa shape index (κ1) is 10.1. The number of hydrogen-bond donors (Lipinski definition) is 1. The average molecular weight is 204 g/mol. The zero-order valence-electron chi connectivity index (χ0n) is 9.20. The highest BCUT2D eigenvalue weighted by atomic mass is 15.1. The van der Waals surface area contributed by atoms with Crippen molar-refractivity contribution in [1.29, 1.82) is 0 Å². The van der Waals surface area contributed by atoms with Crippen molar-refractivity contribution in [3.8, 4) is 0 Å². The Hall–Kier alpha value is -1.42. The van der Waals surface area contributed by atoms with Crippen LogP contribution in [0.1, 0.15) is 12.7 Å². The minimum atomic E-state index is 0.839. The summed E-state index contributed by atoms with van der Waals surface area (Å²) >= 11 is 0. The number of pyridine rings is 1. The van der Waals surface area contributed by atoms with Gasteiger partial charge in [0.15, 0.2) is 5.65 Å². The summed E-state index contributed by atoms with van der Waals surface area (Å²) in [4.78, 5) is 8.73. The highest BCUT2D eigenvalue weighted by Gasteiger charge is 2.06. The van der Waals surface area contributed by atoms with Crippen molar-refractivity contribution in [2.24, 2.45) is 7.05 Å². The molecule has 0 saturated carbocycles. The van der Waals surface area contributed by atoms with Crippen molar-refractivity contribution >= 4 is 11.2 Å². The number of aromatic nitrogens is 3. The zero-order chi connectivity index (χ0) is 10.7. The second kappa shape index (κ2) is 4.40. The molecule has 1 N–H and O–H groups in total. The number of fused-ring (bicyclic) bond motifs is 1. The summed E-state index contributed by atoms with van der Waals surface area (Å²) in [5, 5.41) is 3.29. The maximum absolute atomic E-state index is 4.50. The van der Waals surface area contributed by atoms with Crippen molar-refractivity contribution in [2.75, 3.05) is 13.1 Å². The lowest BCUT2D eigenvalue weighted by molar-refractivity contribution is 0.680. The SMILES string of the molecule is CCNCCc1nc2ncccc2n1C. The minimum absolute atomic E-state index is 0.839. The van der Waals surface area contributed by atoms with Crippen LogP contribution in [-0.4, -0.2) is 27.6 Å². The van der Waals surface area contributed by atoms with Crippen molar-refractivity contribution in [1.82, 2.24) is 19.9 Å². The van der Waals surface area contributed by atoms with E-state index in [0.29, 0.717) is 0 Å². The molecule has 0 amide bonds. The molecule has 0 aliphatic heterocycles. The first-order valence-electron chi connectivity index (χ1n) is 5.30. The van der Waals surface area contributed by atoms with Gasteiger partial charge < -0.3 is 9.88 Å². The number of nitrogens with zero attached hydrogens (tertiary/aromatic N) is 3. The number of nitrogens with one attached hydrogen (secondary N) is 1. The van der Waals surface area contributed by atoms with Crippen molar-refractivity contribution < 1.29 is 0 Å². The Morgan fingerprint density at radius 2 is 2.33 bits per heavy atom. The summed E-state index contributed by atoms with van der Waals surface area (Å²) in [7, 11) is 2.04. The molecule has 2 aromatic heterocycles. The first-order valence-corrected chi connectivity index (χ1v) is 5.30. The van der Waals surface area contributed by atoms with Gasteiger partial charge in [0.2, 0.25) is 0 Å². The Labute approximate surface area is 89.3 Å². The summed E-state index contributed by atoms with van der Waals surface area (Å²) in [6.45, 7) is 4.08. The Morgan fingerprint density at radius 3 is 3.07 bits per heavy atom. The molecule has 0 aromatic carbocycles. The van der Waals surface area contributed by atoms with Gasteiger partial charge in [-0.3, -0.25) is 0 Å². The average Bonchev–Trinajstić information content (AvgIpc) is 2.57. The third-order valence-corrected chi connectivity index (χ3v) is 2.52. The van der Waals surface area contributed by atoms with Gasteiger partial charge in [0.05, 0.1) is 5.52 Å². The largest absolute Gasteiger partial charge is 0.330 e. The van der Waals surface area contributed by atoms with Gasteiger partial charge in [-0.1, -0.05) is 6.92 Å². The number of rotatable bonds is 4. The standard InChI is InChI=1S/C11H16N4/c1-3-12-8-6-10-14-11-9(15(10)2)5-4-7-13-11/h4-5,7,12H,3,6,8H2,1-2H3. The molecular formula is C11H16N4. The second-order valence-corrected chi connectivity index (χ2v) is 3.54. The molecule has 0 spiro atoms. The van der Waals surface area contributed by atoms with E-state index in [-0.39, 0.29) is 0 Å². The number of imidazole rings is 1. The van der Waals surface area contributed by atoms with Crippen molar-refractivity contribution in [3.63, 3.8) is 0 Å². The zero-order valence-corrected chi connectivity index (χ0v) is 9.20. The summed E-state index contributed by atoms with van der Waals surface area (Å²) in [6, 6.07) is 3.99. The van der Waals surface area contributed by atoms with Gasteiger partial charge in [0.1, 0.15) is 5.82 Å². The van der Waals surface area contributed by atoms with Crippen LogP contribution in [0.2, 0.25) is 0 Å². The number of hydrogen-bond acceptors (Lipinski definition) is 3. The molecule has 4 heteroatoms. The van der Waals surface area contributed by atoms with Crippen LogP contribution in [0.5, 0.6) is 0 Å². The smallest absolute Gasteiger partial charge is 0.177 e. The van der Waals surface area contributed by atoms with E-state index in [1.165, 1.54) is 0 Å². The third-order valence-electron chi connectivity index (χ3n) is 2.52. The lowest BCUT2D eigenvalue weighted by atomic mass is 10.4. The van der Waals surface area contributed by atoms with Crippen LogP contribution in [0.4, 0.5) is 0 Å². The van der Waals surface area contributed by atoms with E-state index in [2.05, 4.69) is 26.8 Å². The summed E-state index contributed by atoms with van der Waals surface area (Å²) in [5.74, 6) is 1.09. The highest BCUT2D eigenvalue weighted by molar-refractivity contribution is 5.71. The van der Waals surface area contributed by atoms with E-state index in [1.807, 2.05) is 19.2 Å². The van der Waals surface area contributed by atoms with E-state index in [4.69, 9.17) is 0 Å². The van der Waals surface area contributed by atoms with Gasteiger partial charge in [0.25, 0.3) is 0 Å². The Kier molecular flexibility index (Phi) is 2.97. The van der Waals surface area contributed by atoms with E-state index in [9.17, 15) is 0 Å². The normalized spacial score (nSPS) is 11.1. The third kappa shape index (κ3) is 1.99. The molecule has 0 unspecified atom stereocenters. The van der Waals surface area contributed by atoms with E-state index < -0.39 is 0 Å². The maximum Gasteiger partial charge on any atom is 0.177 e. The number of likely N-dealkylation sites (N-methyl/N-ethyl adjacent to an activating group) is 1. The first-order chi connectivity index (χ1) is 7.33. The summed E-state index contributed by atoms with van der Waals surface area (Å²) < 4.78 is 2.11. The molecule has 0 atom stereocenters. The van der Waals surface area contributed by atoms with E-state index in [1.54, 1.807) is 6.20 Å². The topological polar surface area (TPSA) is 42.7 Å². The van der Waals surface area contributed by atoms with Crippen molar-refractivity contribution in [2.45, 2.75) is 13.3 Å². The fourth-order valence-corrected chi connectivity index (χ4v) is 1.67. The Bertz CT molecular complexity index is 447. The van der Waals surface area contributed by atoms with Crippen LogP contribution in [-0.2, 0) is 13.5 Å². The molecule has 0 aliphatic rings. The van der Waals surface area contributed by atoms with Crippen LogP contribution in [0, 0.1) is 0 Å². The van der Waals surface area contributed by atoms with E-state index in [0.717, 1.165) is 36.5 Å². The van der Waals surface area contributed by atoms with Gasteiger partial charge in [-0.25, -0.2) is 9.97 Å². The van der Waals surface area contributed by atoms with Crippen LogP contribution in [0.3, 0.4) is 0 Å². The van der Waals surface area contributed by atoms with Gasteiger partial charge in [0, 0.05) is 26.2 Å². The van der Waals surface area contributed by atoms with Gasteiger partial charge in [-0.15, -0.1) is 0 Å². The van der Waals surface area contributed by atoms with Crippen LogP contribution < -0.4 is 5.32 Å². The Balaban J connectivity index is 2.24. The molecule has 15 heavy (non-hydrogen) atoms. The number of aryl methyl sites for hydroxylation is 1. The molecule has 0 bridgehead atoms. The predicted molar refractivity (Wildman–Crippen MR) is 60.8 cm³/mol. The maximum atomic E-state index is 4.50. The van der Waals surface area contributed by atoms with Gasteiger partial charge >= 0.3 is 0 Å². The summed E-state index contributed by atoms with van der Waals surface area (Å²) in [6.07, 6.45) is 2.73. The van der Waals surface area contributed by atoms with Crippen molar-refractivity contribution in [3.05, 3.63) is 24.2 Å². The predicted octanol–water partition coefficient (Wildman–Crippen LogP) is 1.12. The van der Waals surface area contributed by atoms with Gasteiger partial charge in [-0.2, -0.15) is 0 Å². The molecule has 0 radical (unpaired) electrons. The van der Waals surface area contributed by atoms with E-state index >= 15 is 0 Å². The lowest BCUT2D eigenvalue weighted by Crippen LogP contribution is -2.17. The highest BCUT2D eigenvalue weighted by Crippen LogP contribution is 2.11. The Morgan fingerprint density at radius 1 is 1.47 bits per heavy atom. The molecule has 2 heterocycles. The lowest BCUT2D eigenvalue weighted by Gasteiger charge is -2.02. The summed E-state index contributed by atoms with van der Waals surface area (Å²) in [5.41, 5.74) is 1.94. The fourth-order valence-electron chi connectivity index (χ4n) is 1.67. The fraction of sp³-hybridized carbons (Fsp3) is 0.455. The van der Waals surface area contributed by atoms with Crippen LogP contribution in [0.25, 0.3) is 11.2 Å². The molecule has 0 fully saturated rings. The molecule has 2 aromatic rings. The molecule has 0 saturated heterocycles. The quantitative estimate of drug-likeness (QED) is 0.759. The van der Waals surface area contributed by atoms with Gasteiger partial charge in [-0.05, 0) is 18.7 Å². The van der Waals surface area contributed by atoms with Crippen LogP contribution in [0.15, 0.2) is 18.3 Å². The molecule has 80 valence electrons. The molecule has 4 nitrogen and oxygen atoms in total.